The summed E-state index contributed by atoms with van der Waals surface area (Å²) in [5.41, 5.74) is 4.34. The summed E-state index contributed by atoms with van der Waals surface area (Å²) in [4.78, 5) is 18.9. The Bertz CT molecular complexity index is 184. The fourth-order valence-electron chi connectivity index (χ4n) is 0.247. The number of carbonyl (C=O) groups excluding carboxylic acids is 2. The van der Waals surface area contributed by atoms with Crippen LogP contribution in [0.4, 0.5) is 9.59 Å². The average molecular weight is 296 g/mol. The SMILES string of the molecule is CCNC(=O)S.COC(C)OC.NC(=O)S.[H-].[Na+]. The van der Waals surface area contributed by atoms with E-state index in [0.29, 0.717) is 6.54 Å². The quantitative estimate of drug-likeness (QED) is 0.286. The predicted molar refractivity (Wildman–Crippen MR) is 71.2 cm³/mol. The normalized spacial score (nSPS) is 7.71. The second kappa shape index (κ2) is 21.8. The Balaban J connectivity index is -0.0000000454. The summed E-state index contributed by atoms with van der Waals surface area (Å²) in [5.74, 6) is 0. The molecular formula is C8H21N2NaO4S2. The van der Waals surface area contributed by atoms with Gasteiger partial charge in [0.2, 0.25) is 0 Å². The number of ether oxygens (including phenoxy) is 2. The molecule has 0 unspecified atom stereocenters. The number of nitrogens with one attached hydrogen (secondary N) is 1. The molecule has 0 aliphatic rings. The van der Waals surface area contributed by atoms with Gasteiger partial charge in [0.15, 0.2) is 6.29 Å². The molecule has 0 radical (unpaired) electrons. The first-order valence-electron chi connectivity index (χ1n) is 4.32. The van der Waals surface area contributed by atoms with Gasteiger partial charge < -0.3 is 22.0 Å². The molecule has 0 aromatic rings. The summed E-state index contributed by atoms with van der Waals surface area (Å²) < 4.78 is 9.35. The zero-order chi connectivity index (χ0) is 13.6. The number of methoxy groups -OCH3 is 2. The number of nitrogens with two attached hydrogens (primary N) is 1. The van der Waals surface area contributed by atoms with Crippen molar-refractivity contribution in [3.8, 4) is 0 Å². The van der Waals surface area contributed by atoms with Gasteiger partial charge in [0.05, 0.1) is 0 Å². The molecule has 0 aromatic carbocycles. The van der Waals surface area contributed by atoms with E-state index in [1.165, 1.54) is 0 Å². The van der Waals surface area contributed by atoms with E-state index in [-0.39, 0.29) is 42.5 Å². The number of thiol groups is 2. The Labute approximate surface area is 137 Å². The van der Waals surface area contributed by atoms with Crippen LogP contribution in [0.25, 0.3) is 0 Å². The smallest absolute Gasteiger partial charge is 1.00 e. The number of hydrogen-bond donors (Lipinski definition) is 4. The number of amides is 2. The van der Waals surface area contributed by atoms with E-state index in [2.05, 4.69) is 45.8 Å². The minimum absolute atomic E-state index is 0. The molecule has 2 amide bonds. The minimum atomic E-state index is -0.639. The second-order valence-corrected chi connectivity index (χ2v) is 3.06. The number of carbonyl (C=O) groups is 2. The van der Waals surface area contributed by atoms with E-state index in [1.807, 2.05) is 13.8 Å². The van der Waals surface area contributed by atoms with Gasteiger partial charge in [0, 0.05) is 20.8 Å². The van der Waals surface area contributed by atoms with Crippen LogP contribution in [0, 0.1) is 0 Å². The molecule has 6 nitrogen and oxygen atoms in total. The van der Waals surface area contributed by atoms with Crippen LogP contribution in [-0.2, 0) is 9.47 Å². The Morgan fingerprint density at radius 2 is 1.65 bits per heavy atom. The van der Waals surface area contributed by atoms with Crippen molar-refractivity contribution in [1.82, 2.24) is 5.32 Å². The van der Waals surface area contributed by atoms with Gasteiger partial charge in [-0.3, -0.25) is 9.59 Å². The molecule has 0 aliphatic heterocycles. The molecule has 0 aliphatic carbocycles. The molecule has 0 rings (SSSR count). The van der Waals surface area contributed by atoms with Crippen LogP contribution in [-0.4, -0.2) is 37.5 Å². The van der Waals surface area contributed by atoms with Crippen LogP contribution < -0.4 is 40.6 Å². The van der Waals surface area contributed by atoms with Crippen molar-refractivity contribution in [3.05, 3.63) is 0 Å². The van der Waals surface area contributed by atoms with E-state index in [0.717, 1.165) is 0 Å². The van der Waals surface area contributed by atoms with E-state index >= 15 is 0 Å². The van der Waals surface area contributed by atoms with Gasteiger partial charge in [0.25, 0.3) is 10.5 Å². The van der Waals surface area contributed by atoms with Crippen LogP contribution in [0.5, 0.6) is 0 Å². The van der Waals surface area contributed by atoms with Crippen LogP contribution in [0.1, 0.15) is 15.3 Å². The number of hydrogen-bond acceptors (Lipinski definition) is 4. The summed E-state index contributed by atoms with van der Waals surface area (Å²) in [6.07, 6.45) is -0.0648. The van der Waals surface area contributed by atoms with Crippen LogP contribution >= 0.6 is 25.3 Å². The minimum Gasteiger partial charge on any atom is -1.00 e. The van der Waals surface area contributed by atoms with Gasteiger partial charge in [-0.1, -0.05) is 25.3 Å². The molecule has 0 saturated carbocycles. The maximum Gasteiger partial charge on any atom is 1.00 e. The molecule has 0 heterocycles. The largest absolute Gasteiger partial charge is 1.00 e. The summed E-state index contributed by atoms with van der Waals surface area (Å²) in [7, 11) is 3.21. The van der Waals surface area contributed by atoms with Crippen molar-refractivity contribution >= 4 is 35.7 Å². The fourth-order valence-corrected chi connectivity index (χ4v) is 0.406. The van der Waals surface area contributed by atoms with E-state index < -0.39 is 5.24 Å². The van der Waals surface area contributed by atoms with Crippen molar-refractivity contribution in [2.45, 2.75) is 20.1 Å². The summed E-state index contributed by atoms with van der Waals surface area (Å²) in [6, 6.07) is 0. The third-order valence-corrected chi connectivity index (χ3v) is 1.15. The van der Waals surface area contributed by atoms with E-state index in [9.17, 15) is 4.79 Å². The fraction of sp³-hybridized carbons (Fsp3) is 0.750. The molecule has 9 heteroatoms. The van der Waals surface area contributed by atoms with Gasteiger partial charge in [-0.15, -0.1) is 0 Å². The van der Waals surface area contributed by atoms with Gasteiger partial charge in [0.1, 0.15) is 0 Å². The average Bonchev–Trinajstić information content (AvgIpc) is 2.16. The van der Waals surface area contributed by atoms with E-state index in [1.54, 1.807) is 14.2 Å². The van der Waals surface area contributed by atoms with Gasteiger partial charge in [-0.2, -0.15) is 0 Å². The van der Waals surface area contributed by atoms with Gasteiger partial charge in [-0.05, 0) is 13.8 Å². The van der Waals surface area contributed by atoms with Crippen molar-refractivity contribution in [1.29, 1.82) is 0 Å². The summed E-state index contributed by atoms with van der Waals surface area (Å²) >= 11 is 6.53. The maximum atomic E-state index is 9.80. The monoisotopic (exact) mass is 296 g/mol. The van der Waals surface area contributed by atoms with Gasteiger partial charge in [-0.25, -0.2) is 0 Å². The van der Waals surface area contributed by atoms with Crippen molar-refractivity contribution in [2.24, 2.45) is 5.73 Å². The molecule has 0 fully saturated rings. The standard InChI is InChI=1S/C4H10O2.C3H7NOS.CH3NOS.Na.H/c1-4(5-2)6-3;1-2-4-3(5)6;2-1(3)4;;/h4H,1-3H3;2H2,1H3,(H2,4,5,6);(H3,2,3,4);;/q;;;+1;-1. The Hall–Kier alpha value is 0.560. The predicted octanol–water partition coefficient (Wildman–Crippen LogP) is -1.62. The number of primary amides is 1. The van der Waals surface area contributed by atoms with Gasteiger partial charge >= 0.3 is 29.6 Å². The first kappa shape index (κ1) is 26.2. The third-order valence-electron chi connectivity index (χ3n) is 0.992. The maximum absolute atomic E-state index is 9.80. The number of rotatable bonds is 3. The first-order chi connectivity index (χ1) is 7.31. The molecule has 17 heavy (non-hydrogen) atoms. The zero-order valence-corrected chi connectivity index (χ0v) is 14.7. The first-order valence-corrected chi connectivity index (χ1v) is 5.21. The Morgan fingerprint density at radius 3 is 1.65 bits per heavy atom. The topological polar surface area (TPSA) is 90.7 Å². The molecule has 3 N–H and O–H groups in total. The summed E-state index contributed by atoms with van der Waals surface area (Å²) in [6.45, 7) is 4.33. The molecule has 0 saturated heterocycles. The molecular weight excluding hydrogens is 275 g/mol. The molecule has 0 atom stereocenters. The molecule has 0 bridgehead atoms. The zero-order valence-electron chi connectivity index (χ0n) is 11.9. The molecule has 0 spiro atoms. The van der Waals surface area contributed by atoms with E-state index in [4.69, 9.17) is 4.79 Å². The third kappa shape index (κ3) is 61.4. The van der Waals surface area contributed by atoms with Crippen molar-refractivity contribution < 1.29 is 50.0 Å². The van der Waals surface area contributed by atoms with Crippen LogP contribution in [0.3, 0.4) is 0 Å². The second-order valence-electron chi connectivity index (χ2n) is 2.21. The molecule has 0 aromatic heterocycles. The Kier molecular flexibility index (Phi) is 33.6. The van der Waals surface area contributed by atoms with Crippen molar-refractivity contribution in [3.63, 3.8) is 0 Å². The molecule has 100 valence electrons. The van der Waals surface area contributed by atoms with Crippen LogP contribution in [0.15, 0.2) is 0 Å². The Morgan fingerprint density at radius 1 is 1.35 bits per heavy atom. The van der Waals surface area contributed by atoms with Crippen LogP contribution in [0.2, 0.25) is 0 Å². The summed E-state index contributed by atoms with van der Waals surface area (Å²) in [5, 5.41) is 1.53. The van der Waals surface area contributed by atoms with Crippen molar-refractivity contribution in [2.75, 3.05) is 20.8 Å².